The molecule has 5 nitrogen and oxygen atoms in total. The summed E-state index contributed by atoms with van der Waals surface area (Å²) in [5, 5.41) is 3.04. The topological polar surface area (TPSA) is 58.6 Å². The summed E-state index contributed by atoms with van der Waals surface area (Å²) in [6.45, 7) is 2.23. The monoisotopic (exact) mass is 354 g/mol. The van der Waals surface area contributed by atoms with Gasteiger partial charge in [0.15, 0.2) is 0 Å². The third-order valence-electron chi connectivity index (χ3n) is 4.11. The highest BCUT2D eigenvalue weighted by Crippen LogP contribution is 2.31. The number of nitrogens with zero attached hydrogens (tertiary/aromatic N) is 1. The second-order valence-corrected chi connectivity index (χ2v) is 5.87. The van der Waals surface area contributed by atoms with Crippen molar-refractivity contribution in [3.63, 3.8) is 0 Å². The lowest BCUT2D eigenvalue weighted by Crippen LogP contribution is -2.33. The molecule has 1 aliphatic heterocycles. The van der Waals surface area contributed by atoms with Crippen LogP contribution in [0.15, 0.2) is 54.2 Å². The lowest BCUT2D eigenvalue weighted by molar-refractivity contribution is -0.136. The Labute approximate surface area is 151 Å². The van der Waals surface area contributed by atoms with E-state index < -0.39 is 5.82 Å². The van der Waals surface area contributed by atoms with Gasteiger partial charge in [0.05, 0.1) is 12.7 Å². The van der Waals surface area contributed by atoms with E-state index in [0.29, 0.717) is 30.0 Å². The summed E-state index contributed by atoms with van der Waals surface area (Å²) in [6.07, 6.45) is 0.657. The van der Waals surface area contributed by atoms with E-state index in [4.69, 9.17) is 4.74 Å². The van der Waals surface area contributed by atoms with Crippen molar-refractivity contribution in [3.8, 4) is 5.75 Å². The molecule has 134 valence electrons. The lowest BCUT2D eigenvalue weighted by atomic mass is 10.0. The quantitative estimate of drug-likeness (QED) is 0.808. The molecule has 26 heavy (non-hydrogen) atoms. The Morgan fingerprint density at radius 2 is 1.65 bits per heavy atom. The van der Waals surface area contributed by atoms with Gasteiger partial charge in [-0.15, -0.1) is 0 Å². The average Bonchev–Trinajstić information content (AvgIpc) is 2.88. The minimum atomic E-state index is -0.402. The van der Waals surface area contributed by atoms with E-state index in [1.165, 1.54) is 29.2 Å². The number of benzene rings is 2. The first-order valence-corrected chi connectivity index (χ1v) is 8.32. The largest absolute Gasteiger partial charge is 0.497 e. The predicted octanol–water partition coefficient (Wildman–Crippen LogP) is 3.44. The smallest absolute Gasteiger partial charge is 0.278 e. The predicted molar refractivity (Wildman–Crippen MR) is 96.9 cm³/mol. The molecule has 0 bridgehead atoms. The Bertz CT molecular complexity index is 858. The Hall–Kier alpha value is -3.15. The molecule has 0 saturated heterocycles. The van der Waals surface area contributed by atoms with Gasteiger partial charge in [0.25, 0.3) is 11.8 Å². The number of anilines is 1. The molecule has 2 aromatic rings. The Morgan fingerprint density at radius 1 is 1.00 bits per heavy atom. The fourth-order valence-corrected chi connectivity index (χ4v) is 2.82. The molecule has 3 rings (SSSR count). The van der Waals surface area contributed by atoms with Crippen LogP contribution >= 0.6 is 0 Å². The van der Waals surface area contributed by atoms with E-state index in [9.17, 15) is 14.0 Å². The highest BCUT2D eigenvalue weighted by molar-refractivity contribution is 6.36. The molecule has 0 aromatic heterocycles. The highest BCUT2D eigenvalue weighted by atomic mass is 19.1. The number of imide groups is 1. The van der Waals surface area contributed by atoms with Gasteiger partial charge in [-0.1, -0.05) is 19.1 Å². The number of halogens is 1. The summed E-state index contributed by atoms with van der Waals surface area (Å²) in [6, 6.07) is 12.6. The summed E-state index contributed by atoms with van der Waals surface area (Å²) in [4.78, 5) is 26.8. The van der Waals surface area contributed by atoms with Crippen LogP contribution in [0.4, 0.5) is 10.1 Å². The molecule has 0 fully saturated rings. The number of amides is 2. The number of hydrogen-bond donors (Lipinski definition) is 1. The van der Waals surface area contributed by atoms with Crippen molar-refractivity contribution in [2.24, 2.45) is 0 Å². The summed E-state index contributed by atoms with van der Waals surface area (Å²) in [5.74, 6) is -0.475. The Balaban J connectivity index is 2.02. The number of methoxy groups -OCH3 is 1. The molecule has 0 aliphatic carbocycles. The third-order valence-corrected chi connectivity index (χ3v) is 4.11. The van der Waals surface area contributed by atoms with Crippen LogP contribution in [0.1, 0.15) is 18.9 Å². The van der Waals surface area contributed by atoms with E-state index in [1.54, 1.807) is 31.4 Å². The fourth-order valence-electron chi connectivity index (χ4n) is 2.82. The van der Waals surface area contributed by atoms with Crippen LogP contribution in [0, 0.1) is 5.82 Å². The maximum Gasteiger partial charge on any atom is 0.278 e. The molecule has 0 atom stereocenters. The Kier molecular flexibility index (Phi) is 5.02. The van der Waals surface area contributed by atoms with Gasteiger partial charge in [-0.25, -0.2) is 4.39 Å². The van der Waals surface area contributed by atoms with Gasteiger partial charge in [0.2, 0.25) is 0 Å². The number of nitrogens with one attached hydrogen (secondary N) is 1. The van der Waals surface area contributed by atoms with Gasteiger partial charge in [-0.2, -0.15) is 0 Å². The first-order valence-electron chi connectivity index (χ1n) is 8.32. The fraction of sp³-hybridized carbons (Fsp3) is 0.200. The van der Waals surface area contributed by atoms with Crippen molar-refractivity contribution >= 4 is 23.1 Å². The van der Waals surface area contributed by atoms with Gasteiger partial charge in [-0.3, -0.25) is 14.5 Å². The van der Waals surface area contributed by atoms with Crippen LogP contribution in [-0.2, 0) is 9.59 Å². The molecule has 2 amide bonds. The number of carbonyl (C=O) groups excluding carboxylic acids is 2. The van der Waals surface area contributed by atoms with Crippen LogP contribution in [0.3, 0.4) is 0 Å². The zero-order valence-electron chi connectivity index (χ0n) is 14.6. The third kappa shape index (κ3) is 3.31. The van der Waals surface area contributed by atoms with Crippen LogP contribution < -0.4 is 10.1 Å². The van der Waals surface area contributed by atoms with Crippen molar-refractivity contribution in [1.82, 2.24) is 4.90 Å². The molecular weight excluding hydrogens is 335 g/mol. The molecule has 1 aliphatic rings. The van der Waals surface area contributed by atoms with E-state index in [2.05, 4.69) is 5.32 Å². The molecule has 2 aromatic carbocycles. The van der Waals surface area contributed by atoms with Gasteiger partial charge in [0, 0.05) is 12.2 Å². The number of rotatable bonds is 6. The molecule has 0 unspecified atom stereocenters. The van der Waals surface area contributed by atoms with Crippen molar-refractivity contribution in [2.45, 2.75) is 13.3 Å². The number of carbonyl (C=O) groups is 2. The summed E-state index contributed by atoms with van der Waals surface area (Å²) in [7, 11) is 1.57. The normalized spacial score (nSPS) is 14.2. The molecule has 0 spiro atoms. The van der Waals surface area contributed by atoms with Crippen LogP contribution in [-0.4, -0.2) is 30.4 Å². The summed E-state index contributed by atoms with van der Waals surface area (Å²) in [5.41, 5.74) is 1.60. The van der Waals surface area contributed by atoms with E-state index in [-0.39, 0.29) is 23.1 Å². The maximum atomic E-state index is 13.3. The molecule has 0 radical (unpaired) electrons. The Morgan fingerprint density at radius 3 is 2.23 bits per heavy atom. The van der Waals surface area contributed by atoms with Crippen molar-refractivity contribution in [2.75, 3.05) is 19.0 Å². The highest BCUT2D eigenvalue weighted by Gasteiger charge is 2.38. The first kappa shape index (κ1) is 17.7. The summed E-state index contributed by atoms with van der Waals surface area (Å²) < 4.78 is 18.4. The molecule has 1 heterocycles. The standard InChI is InChI=1S/C20H19FN2O3/c1-3-12-23-19(24)17(13-4-6-14(21)7-5-13)18(20(23)25)22-15-8-10-16(26-2)11-9-15/h4-11,22H,3,12H2,1-2H3. The van der Waals surface area contributed by atoms with E-state index in [0.717, 1.165) is 0 Å². The van der Waals surface area contributed by atoms with Crippen LogP contribution in [0.2, 0.25) is 0 Å². The number of hydrogen-bond acceptors (Lipinski definition) is 4. The molecule has 6 heteroatoms. The zero-order chi connectivity index (χ0) is 18.7. The van der Waals surface area contributed by atoms with Crippen LogP contribution in [0.25, 0.3) is 5.57 Å². The number of ether oxygens (including phenoxy) is 1. The van der Waals surface area contributed by atoms with Crippen molar-refractivity contribution < 1.29 is 18.7 Å². The zero-order valence-corrected chi connectivity index (χ0v) is 14.6. The average molecular weight is 354 g/mol. The van der Waals surface area contributed by atoms with Crippen LogP contribution in [0.5, 0.6) is 5.75 Å². The minimum Gasteiger partial charge on any atom is -0.497 e. The molecular formula is C20H19FN2O3. The lowest BCUT2D eigenvalue weighted by Gasteiger charge is -2.13. The van der Waals surface area contributed by atoms with E-state index in [1.807, 2.05) is 6.92 Å². The summed E-state index contributed by atoms with van der Waals surface area (Å²) >= 11 is 0. The van der Waals surface area contributed by atoms with E-state index >= 15 is 0 Å². The first-order chi connectivity index (χ1) is 12.5. The molecule has 0 saturated carbocycles. The van der Waals surface area contributed by atoms with Crippen molar-refractivity contribution in [3.05, 3.63) is 65.6 Å². The van der Waals surface area contributed by atoms with Crippen molar-refractivity contribution in [1.29, 1.82) is 0 Å². The second kappa shape index (κ2) is 7.39. The van der Waals surface area contributed by atoms with Gasteiger partial charge in [-0.05, 0) is 48.4 Å². The molecule has 1 N–H and O–H groups in total. The second-order valence-electron chi connectivity index (χ2n) is 5.87. The van der Waals surface area contributed by atoms with Gasteiger partial charge < -0.3 is 10.1 Å². The SMILES string of the molecule is CCCN1C(=O)C(Nc2ccc(OC)cc2)=C(c2ccc(F)cc2)C1=O. The minimum absolute atomic E-state index is 0.195. The van der Waals surface area contributed by atoms with Gasteiger partial charge >= 0.3 is 0 Å². The maximum absolute atomic E-state index is 13.3. The van der Waals surface area contributed by atoms with Gasteiger partial charge in [0.1, 0.15) is 17.3 Å².